The van der Waals surface area contributed by atoms with Crippen LogP contribution < -0.4 is 5.73 Å². The van der Waals surface area contributed by atoms with Gasteiger partial charge in [0.15, 0.2) is 0 Å². The van der Waals surface area contributed by atoms with Crippen molar-refractivity contribution in [1.29, 1.82) is 0 Å². The van der Waals surface area contributed by atoms with E-state index in [9.17, 15) is 4.39 Å². The lowest BCUT2D eigenvalue weighted by atomic mass is 10.1. The second kappa shape index (κ2) is 4.72. The van der Waals surface area contributed by atoms with Gasteiger partial charge in [0.2, 0.25) is 0 Å². The zero-order valence-corrected chi connectivity index (χ0v) is 9.14. The average molecular weight is 246 g/mol. The van der Waals surface area contributed by atoms with E-state index in [0.29, 0.717) is 4.47 Å². The Morgan fingerprint density at radius 1 is 1.54 bits per heavy atom. The standard InChI is InChI=1S/C10H13BrFN/c1-7(13)2-3-8-4-5-9(11)10(12)6-8/h4-7H,2-3,13H2,1H3/t7-/m0/s1. The topological polar surface area (TPSA) is 26.0 Å². The van der Waals surface area contributed by atoms with Gasteiger partial charge >= 0.3 is 0 Å². The molecule has 0 amide bonds. The van der Waals surface area contributed by atoms with Gasteiger partial charge in [0.25, 0.3) is 0 Å². The van der Waals surface area contributed by atoms with E-state index in [-0.39, 0.29) is 11.9 Å². The molecule has 0 radical (unpaired) electrons. The van der Waals surface area contributed by atoms with E-state index in [0.717, 1.165) is 18.4 Å². The third-order valence-corrected chi connectivity index (χ3v) is 2.52. The summed E-state index contributed by atoms with van der Waals surface area (Å²) in [5.41, 5.74) is 6.60. The minimum atomic E-state index is -0.206. The third kappa shape index (κ3) is 3.44. The first-order valence-corrected chi connectivity index (χ1v) is 5.08. The second-order valence-corrected chi connectivity index (χ2v) is 4.12. The smallest absolute Gasteiger partial charge is 0.137 e. The van der Waals surface area contributed by atoms with Crippen LogP contribution in [0, 0.1) is 5.82 Å². The van der Waals surface area contributed by atoms with Gasteiger partial charge in [-0.25, -0.2) is 4.39 Å². The Kier molecular flexibility index (Phi) is 3.88. The van der Waals surface area contributed by atoms with Crippen LogP contribution in [0.15, 0.2) is 22.7 Å². The van der Waals surface area contributed by atoms with E-state index in [1.165, 1.54) is 0 Å². The highest BCUT2D eigenvalue weighted by molar-refractivity contribution is 9.10. The third-order valence-electron chi connectivity index (χ3n) is 1.87. The van der Waals surface area contributed by atoms with E-state index >= 15 is 0 Å². The van der Waals surface area contributed by atoms with Gasteiger partial charge in [-0.05, 0) is 53.4 Å². The van der Waals surface area contributed by atoms with Crippen molar-refractivity contribution in [1.82, 2.24) is 0 Å². The van der Waals surface area contributed by atoms with Crippen LogP contribution in [0.5, 0.6) is 0 Å². The molecule has 0 aromatic heterocycles. The van der Waals surface area contributed by atoms with Crippen molar-refractivity contribution in [3.8, 4) is 0 Å². The molecule has 0 aliphatic rings. The lowest BCUT2D eigenvalue weighted by molar-refractivity contribution is 0.614. The Labute approximate surface area is 86.3 Å². The Morgan fingerprint density at radius 3 is 2.77 bits per heavy atom. The highest BCUT2D eigenvalue weighted by Gasteiger charge is 2.01. The molecule has 3 heteroatoms. The molecule has 1 atom stereocenters. The predicted molar refractivity (Wildman–Crippen MR) is 56.1 cm³/mol. The van der Waals surface area contributed by atoms with Crippen LogP contribution in [0.25, 0.3) is 0 Å². The maximum absolute atomic E-state index is 13.0. The van der Waals surface area contributed by atoms with E-state index in [1.807, 2.05) is 13.0 Å². The molecule has 0 aliphatic carbocycles. The summed E-state index contributed by atoms with van der Waals surface area (Å²) in [6.45, 7) is 1.95. The molecule has 0 saturated carbocycles. The molecular weight excluding hydrogens is 233 g/mol. The molecule has 1 aromatic rings. The summed E-state index contributed by atoms with van der Waals surface area (Å²) < 4.78 is 13.5. The summed E-state index contributed by atoms with van der Waals surface area (Å²) in [7, 11) is 0. The molecule has 0 unspecified atom stereocenters. The number of hydrogen-bond donors (Lipinski definition) is 1. The van der Waals surface area contributed by atoms with Crippen molar-refractivity contribution >= 4 is 15.9 Å². The van der Waals surface area contributed by atoms with E-state index in [1.54, 1.807) is 12.1 Å². The SMILES string of the molecule is C[C@H](N)CCc1ccc(Br)c(F)c1. The van der Waals surface area contributed by atoms with Gasteiger partial charge in [-0.2, -0.15) is 0 Å². The van der Waals surface area contributed by atoms with Crippen molar-refractivity contribution in [3.63, 3.8) is 0 Å². The van der Waals surface area contributed by atoms with E-state index in [2.05, 4.69) is 15.9 Å². The van der Waals surface area contributed by atoms with E-state index in [4.69, 9.17) is 5.73 Å². The average Bonchev–Trinajstić information content (AvgIpc) is 2.07. The first-order valence-electron chi connectivity index (χ1n) is 4.29. The number of rotatable bonds is 3. The van der Waals surface area contributed by atoms with Crippen molar-refractivity contribution in [2.75, 3.05) is 0 Å². The molecular formula is C10H13BrFN. The Balaban J connectivity index is 2.63. The maximum atomic E-state index is 13.0. The van der Waals surface area contributed by atoms with Crippen LogP contribution >= 0.6 is 15.9 Å². The summed E-state index contributed by atoms with van der Waals surface area (Å²) in [6, 6.07) is 5.36. The number of nitrogens with two attached hydrogens (primary N) is 1. The lowest BCUT2D eigenvalue weighted by Gasteiger charge is -2.05. The van der Waals surface area contributed by atoms with Crippen LogP contribution in [0.1, 0.15) is 18.9 Å². The van der Waals surface area contributed by atoms with Gasteiger partial charge in [-0.15, -0.1) is 0 Å². The minimum absolute atomic E-state index is 0.173. The Hall–Kier alpha value is -0.410. The Bertz CT molecular complexity index is 286. The fraction of sp³-hybridized carbons (Fsp3) is 0.400. The van der Waals surface area contributed by atoms with Crippen LogP contribution in [0.4, 0.5) is 4.39 Å². The highest BCUT2D eigenvalue weighted by atomic mass is 79.9. The molecule has 1 nitrogen and oxygen atoms in total. The second-order valence-electron chi connectivity index (χ2n) is 3.26. The molecule has 0 fully saturated rings. The normalized spacial score (nSPS) is 12.9. The zero-order chi connectivity index (χ0) is 9.84. The summed E-state index contributed by atoms with van der Waals surface area (Å²) in [5.74, 6) is -0.206. The van der Waals surface area contributed by atoms with Crippen LogP contribution in [0.2, 0.25) is 0 Å². The summed E-state index contributed by atoms with van der Waals surface area (Å²) >= 11 is 3.11. The van der Waals surface area contributed by atoms with E-state index < -0.39 is 0 Å². The molecule has 0 saturated heterocycles. The highest BCUT2D eigenvalue weighted by Crippen LogP contribution is 2.17. The van der Waals surface area contributed by atoms with Gasteiger partial charge < -0.3 is 5.73 Å². The maximum Gasteiger partial charge on any atom is 0.137 e. The largest absolute Gasteiger partial charge is 0.328 e. The number of benzene rings is 1. The molecule has 0 spiro atoms. The fourth-order valence-corrected chi connectivity index (χ4v) is 1.34. The fourth-order valence-electron chi connectivity index (χ4n) is 1.09. The molecule has 0 aliphatic heterocycles. The molecule has 72 valence electrons. The molecule has 1 rings (SSSR count). The van der Waals surface area contributed by atoms with Crippen molar-refractivity contribution in [2.45, 2.75) is 25.8 Å². The van der Waals surface area contributed by atoms with Crippen LogP contribution in [-0.4, -0.2) is 6.04 Å². The first kappa shape index (κ1) is 10.7. The molecule has 1 aromatic carbocycles. The molecule has 2 N–H and O–H groups in total. The van der Waals surface area contributed by atoms with Crippen molar-refractivity contribution in [3.05, 3.63) is 34.1 Å². The van der Waals surface area contributed by atoms with Crippen molar-refractivity contribution in [2.24, 2.45) is 5.73 Å². The molecule has 13 heavy (non-hydrogen) atoms. The quantitative estimate of drug-likeness (QED) is 0.871. The first-order chi connectivity index (χ1) is 6.09. The lowest BCUT2D eigenvalue weighted by Crippen LogP contribution is -2.15. The van der Waals surface area contributed by atoms with Gasteiger partial charge in [-0.3, -0.25) is 0 Å². The molecule has 0 heterocycles. The number of hydrogen-bond acceptors (Lipinski definition) is 1. The predicted octanol–water partition coefficient (Wildman–Crippen LogP) is 2.87. The Morgan fingerprint density at radius 2 is 2.23 bits per heavy atom. The zero-order valence-electron chi connectivity index (χ0n) is 7.56. The van der Waals surface area contributed by atoms with Crippen LogP contribution in [0.3, 0.4) is 0 Å². The van der Waals surface area contributed by atoms with Gasteiger partial charge in [-0.1, -0.05) is 6.07 Å². The van der Waals surface area contributed by atoms with Crippen LogP contribution in [-0.2, 0) is 6.42 Å². The summed E-state index contributed by atoms with van der Waals surface area (Å²) in [5, 5.41) is 0. The van der Waals surface area contributed by atoms with Gasteiger partial charge in [0.1, 0.15) is 5.82 Å². The van der Waals surface area contributed by atoms with Crippen molar-refractivity contribution < 1.29 is 4.39 Å². The van der Waals surface area contributed by atoms with Gasteiger partial charge in [0.05, 0.1) is 4.47 Å². The number of aryl methyl sites for hydroxylation is 1. The van der Waals surface area contributed by atoms with Gasteiger partial charge in [0, 0.05) is 6.04 Å². The summed E-state index contributed by atoms with van der Waals surface area (Å²) in [4.78, 5) is 0. The number of halogens is 2. The minimum Gasteiger partial charge on any atom is -0.328 e. The molecule has 0 bridgehead atoms. The monoisotopic (exact) mass is 245 g/mol. The summed E-state index contributed by atoms with van der Waals surface area (Å²) in [6.07, 6.45) is 1.73.